The van der Waals surface area contributed by atoms with E-state index in [-0.39, 0.29) is 11.2 Å². The van der Waals surface area contributed by atoms with E-state index in [1.165, 1.54) is 25.7 Å². The van der Waals surface area contributed by atoms with Gasteiger partial charge in [-0.05, 0) is 61.6 Å². The van der Waals surface area contributed by atoms with Gasteiger partial charge in [-0.2, -0.15) is 0 Å². The predicted molar refractivity (Wildman–Crippen MR) is 166 cm³/mol. The maximum Gasteiger partial charge on any atom is 0.227 e. The number of piperazine rings is 1. The standard InChI is InChI=1S/C33H36N6O3/c1-21-26(14-25(22(2)40)13-23-5-3-4-6-23)19-36-33(37-21)38-28-15-27(18-35-20-28)24-7-8-29-30(41)17-32(42-31(29)16-24)39-11-9-34-10-12-39/h7-8,14-20,23,34H,3-6,9-13H2,1-2H3,(H,36,37,38)/b25-14+. The van der Waals surface area contributed by atoms with Gasteiger partial charge in [-0.15, -0.1) is 0 Å². The van der Waals surface area contributed by atoms with Crippen molar-refractivity contribution in [3.8, 4) is 11.1 Å². The van der Waals surface area contributed by atoms with Crippen LogP contribution < -0.4 is 21.0 Å². The summed E-state index contributed by atoms with van der Waals surface area (Å²) in [6, 6.07) is 9.15. The largest absolute Gasteiger partial charge is 0.440 e. The maximum absolute atomic E-state index is 12.8. The Morgan fingerprint density at radius 2 is 1.90 bits per heavy atom. The molecule has 1 aromatic carbocycles. The summed E-state index contributed by atoms with van der Waals surface area (Å²) in [4.78, 5) is 40.8. The molecular formula is C33H36N6O3. The van der Waals surface area contributed by atoms with E-state index in [2.05, 4.69) is 30.5 Å². The number of carbonyl (C=O) groups is 1. The number of fused-ring (bicyclic) bond motifs is 1. The summed E-state index contributed by atoms with van der Waals surface area (Å²) < 4.78 is 6.19. The summed E-state index contributed by atoms with van der Waals surface area (Å²) in [5.41, 5.74) is 5.48. The summed E-state index contributed by atoms with van der Waals surface area (Å²) in [7, 11) is 0. The Hall–Kier alpha value is -4.37. The summed E-state index contributed by atoms with van der Waals surface area (Å²) in [6.45, 7) is 6.87. The highest BCUT2D eigenvalue weighted by atomic mass is 16.4. The van der Waals surface area contributed by atoms with E-state index in [4.69, 9.17) is 4.42 Å². The number of Topliss-reactive ketones (excluding diaryl/α,β-unsaturated/α-hetero) is 1. The second-order valence-corrected chi connectivity index (χ2v) is 11.3. The highest BCUT2D eigenvalue weighted by Crippen LogP contribution is 2.32. The van der Waals surface area contributed by atoms with E-state index in [0.29, 0.717) is 28.7 Å². The molecule has 6 rings (SSSR count). The summed E-state index contributed by atoms with van der Waals surface area (Å²) in [5.74, 6) is 1.75. The van der Waals surface area contributed by atoms with Gasteiger partial charge in [0.2, 0.25) is 5.95 Å². The van der Waals surface area contributed by atoms with Crippen LogP contribution in [0.5, 0.6) is 0 Å². The highest BCUT2D eigenvalue weighted by molar-refractivity contribution is 5.97. The average Bonchev–Trinajstić information content (AvgIpc) is 3.51. The first-order chi connectivity index (χ1) is 20.4. The molecule has 4 aromatic rings. The van der Waals surface area contributed by atoms with Crippen molar-refractivity contribution in [1.29, 1.82) is 0 Å². The van der Waals surface area contributed by atoms with Crippen molar-refractivity contribution in [3.05, 3.63) is 76.0 Å². The van der Waals surface area contributed by atoms with E-state index in [1.54, 1.807) is 37.6 Å². The minimum atomic E-state index is -0.0513. The third-order valence-electron chi connectivity index (χ3n) is 8.26. The Balaban J connectivity index is 1.22. The molecule has 4 heterocycles. The summed E-state index contributed by atoms with van der Waals surface area (Å²) >= 11 is 0. The summed E-state index contributed by atoms with van der Waals surface area (Å²) in [5, 5.41) is 7.13. The third kappa shape index (κ3) is 6.26. The molecule has 2 N–H and O–H groups in total. The molecular weight excluding hydrogens is 528 g/mol. The van der Waals surface area contributed by atoms with Gasteiger partial charge in [0.25, 0.3) is 0 Å². The molecule has 2 aliphatic rings. The van der Waals surface area contributed by atoms with Crippen LogP contribution in [0.1, 0.15) is 50.3 Å². The molecule has 9 nitrogen and oxygen atoms in total. The number of nitrogens with one attached hydrogen (secondary N) is 2. The zero-order valence-electron chi connectivity index (χ0n) is 24.2. The summed E-state index contributed by atoms with van der Waals surface area (Å²) in [6.07, 6.45) is 12.9. The minimum absolute atomic E-state index is 0.0513. The Kier molecular flexibility index (Phi) is 8.10. The number of aromatic nitrogens is 3. The van der Waals surface area contributed by atoms with Crippen LogP contribution in [-0.2, 0) is 4.79 Å². The van der Waals surface area contributed by atoms with Crippen molar-refractivity contribution in [2.75, 3.05) is 36.4 Å². The molecule has 0 radical (unpaired) electrons. The topological polar surface area (TPSA) is 113 Å². The second kappa shape index (κ2) is 12.2. The average molecular weight is 565 g/mol. The van der Waals surface area contributed by atoms with Gasteiger partial charge in [0.05, 0.1) is 23.0 Å². The van der Waals surface area contributed by atoms with E-state index < -0.39 is 0 Å². The van der Waals surface area contributed by atoms with Crippen LogP contribution in [-0.4, -0.2) is 46.9 Å². The van der Waals surface area contributed by atoms with E-state index in [9.17, 15) is 9.59 Å². The second-order valence-electron chi connectivity index (χ2n) is 11.3. The monoisotopic (exact) mass is 564 g/mol. The molecule has 0 amide bonds. The van der Waals surface area contributed by atoms with Crippen LogP contribution in [0.15, 0.2) is 63.7 Å². The number of anilines is 3. The zero-order chi connectivity index (χ0) is 29.1. The van der Waals surface area contributed by atoms with Gasteiger partial charge >= 0.3 is 0 Å². The number of rotatable bonds is 8. The lowest BCUT2D eigenvalue weighted by Gasteiger charge is -2.27. The molecule has 1 aliphatic heterocycles. The third-order valence-corrected chi connectivity index (χ3v) is 8.26. The van der Waals surface area contributed by atoms with Crippen LogP contribution in [0.4, 0.5) is 17.5 Å². The molecule has 0 spiro atoms. The molecule has 3 aromatic heterocycles. The van der Waals surface area contributed by atoms with Crippen LogP contribution in [0.2, 0.25) is 0 Å². The van der Waals surface area contributed by atoms with Crippen molar-refractivity contribution in [2.45, 2.75) is 46.0 Å². The number of hydrogen-bond donors (Lipinski definition) is 2. The molecule has 0 atom stereocenters. The number of aryl methyl sites for hydroxylation is 1. The molecule has 1 saturated carbocycles. The normalized spacial score (nSPS) is 16.2. The maximum atomic E-state index is 12.8. The smallest absolute Gasteiger partial charge is 0.227 e. The Labute approximate surface area is 245 Å². The number of allylic oxidation sites excluding steroid dienone is 1. The van der Waals surface area contributed by atoms with Crippen LogP contribution in [0.3, 0.4) is 0 Å². The van der Waals surface area contributed by atoms with Crippen molar-refractivity contribution in [1.82, 2.24) is 20.3 Å². The highest BCUT2D eigenvalue weighted by Gasteiger charge is 2.19. The van der Waals surface area contributed by atoms with Gasteiger partial charge in [0.15, 0.2) is 17.1 Å². The van der Waals surface area contributed by atoms with Gasteiger partial charge in [0, 0.05) is 55.8 Å². The molecule has 2 fully saturated rings. The van der Waals surface area contributed by atoms with Crippen LogP contribution >= 0.6 is 0 Å². The SMILES string of the molecule is CC(=O)/C(=C/c1cnc(Nc2cncc(-c3ccc4c(=O)cc(N5CCNCC5)oc4c3)c2)nc1C)CC1CCCC1. The lowest BCUT2D eigenvalue weighted by Crippen LogP contribution is -2.43. The van der Waals surface area contributed by atoms with Crippen molar-refractivity contribution in [3.63, 3.8) is 0 Å². The van der Waals surface area contributed by atoms with Gasteiger partial charge in [-0.3, -0.25) is 14.6 Å². The minimum Gasteiger partial charge on any atom is -0.440 e. The molecule has 0 bridgehead atoms. The first kappa shape index (κ1) is 27.8. The van der Waals surface area contributed by atoms with Gasteiger partial charge in [-0.25, -0.2) is 9.97 Å². The lowest BCUT2D eigenvalue weighted by molar-refractivity contribution is -0.113. The Morgan fingerprint density at radius 3 is 2.67 bits per heavy atom. The number of pyridine rings is 1. The number of benzene rings is 1. The number of ketones is 1. The predicted octanol–water partition coefficient (Wildman–Crippen LogP) is 5.66. The first-order valence-corrected chi connectivity index (χ1v) is 14.7. The number of carbonyl (C=O) groups excluding carboxylic acids is 1. The van der Waals surface area contributed by atoms with Crippen molar-refractivity contribution < 1.29 is 9.21 Å². The Morgan fingerprint density at radius 1 is 1.10 bits per heavy atom. The van der Waals surface area contributed by atoms with Gasteiger partial charge in [-0.1, -0.05) is 31.7 Å². The van der Waals surface area contributed by atoms with Crippen molar-refractivity contribution >= 4 is 40.3 Å². The van der Waals surface area contributed by atoms with Gasteiger partial charge < -0.3 is 20.0 Å². The fourth-order valence-corrected chi connectivity index (χ4v) is 5.85. The molecule has 0 unspecified atom stereocenters. The van der Waals surface area contributed by atoms with Crippen LogP contribution in [0, 0.1) is 12.8 Å². The molecule has 9 heteroatoms. The fraction of sp³-hybridized carbons (Fsp3) is 0.364. The van der Waals surface area contributed by atoms with Crippen molar-refractivity contribution in [2.24, 2.45) is 5.92 Å². The number of nitrogens with zero attached hydrogens (tertiary/aromatic N) is 4. The Bertz CT molecular complexity index is 1700. The van der Waals surface area contributed by atoms with Crippen LogP contribution in [0.25, 0.3) is 28.2 Å². The van der Waals surface area contributed by atoms with E-state index in [0.717, 1.165) is 66.2 Å². The molecule has 1 aliphatic carbocycles. The first-order valence-electron chi connectivity index (χ1n) is 14.7. The fourth-order valence-electron chi connectivity index (χ4n) is 5.85. The molecule has 216 valence electrons. The zero-order valence-corrected chi connectivity index (χ0v) is 24.2. The lowest BCUT2D eigenvalue weighted by atomic mass is 9.94. The quantitative estimate of drug-likeness (QED) is 0.262. The number of hydrogen-bond acceptors (Lipinski definition) is 9. The van der Waals surface area contributed by atoms with Gasteiger partial charge in [0.1, 0.15) is 5.58 Å². The van der Waals surface area contributed by atoms with E-state index in [1.807, 2.05) is 31.2 Å². The van der Waals surface area contributed by atoms with E-state index >= 15 is 0 Å². The molecule has 1 saturated heterocycles. The molecule has 42 heavy (non-hydrogen) atoms.